The summed E-state index contributed by atoms with van der Waals surface area (Å²) in [5.41, 5.74) is 1.72. The molecule has 0 spiro atoms. The van der Waals surface area contributed by atoms with Crippen molar-refractivity contribution in [1.29, 1.82) is 0 Å². The number of thioether (sulfide) groups is 1. The van der Waals surface area contributed by atoms with E-state index in [4.69, 9.17) is 0 Å². The van der Waals surface area contributed by atoms with Crippen LogP contribution in [0.5, 0.6) is 0 Å². The van der Waals surface area contributed by atoms with Crippen molar-refractivity contribution >= 4 is 34.2 Å². The zero-order chi connectivity index (χ0) is 13.2. The van der Waals surface area contributed by atoms with Crippen LogP contribution in [-0.4, -0.2) is 22.4 Å². The zero-order valence-electron chi connectivity index (χ0n) is 10.8. The minimum atomic E-state index is -0.0686. The van der Waals surface area contributed by atoms with Gasteiger partial charge in [-0.25, -0.2) is 0 Å². The van der Waals surface area contributed by atoms with Crippen LogP contribution in [0.15, 0.2) is 29.3 Å². The lowest BCUT2D eigenvalue weighted by Gasteiger charge is -2.09. The molecular weight excluding hydrogens is 246 g/mol. The molecule has 0 aromatic heterocycles. The molecule has 5 heteroatoms. The second-order valence-corrected chi connectivity index (χ2v) is 5.87. The predicted octanol–water partition coefficient (Wildman–Crippen LogP) is 2.94. The minimum Gasteiger partial charge on any atom is -0.335 e. The summed E-state index contributed by atoms with van der Waals surface area (Å²) in [6.07, 6.45) is 0. The molecule has 0 saturated carbocycles. The first-order valence-corrected chi connectivity index (χ1v) is 6.80. The third-order valence-electron chi connectivity index (χ3n) is 2.40. The topological polar surface area (TPSA) is 53.5 Å². The van der Waals surface area contributed by atoms with Crippen molar-refractivity contribution in [1.82, 2.24) is 0 Å². The molecule has 1 aromatic carbocycles. The first-order valence-electron chi connectivity index (χ1n) is 5.82. The average molecular weight is 263 g/mol. The number of amidine groups is 1. The molecule has 0 bridgehead atoms. The molecule has 4 nitrogen and oxygen atoms in total. The summed E-state index contributed by atoms with van der Waals surface area (Å²) in [6, 6.07) is 7.62. The fourth-order valence-electron chi connectivity index (χ4n) is 1.65. The van der Waals surface area contributed by atoms with Crippen LogP contribution < -0.4 is 10.6 Å². The van der Waals surface area contributed by atoms with Crippen LogP contribution in [-0.2, 0) is 4.79 Å². The standard InChI is InChI=1S/C13H17N3OS/c1-9(17)14-10-5-4-6-11(7-10)15-12-16-13(2,3)8-18-12/h4-7H,8H2,1-3H3,(H,14,17)(H,15,16). The molecule has 1 heterocycles. The van der Waals surface area contributed by atoms with Gasteiger partial charge < -0.3 is 10.6 Å². The molecule has 2 rings (SSSR count). The first kappa shape index (κ1) is 13.0. The molecule has 2 N–H and O–H groups in total. The van der Waals surface area contributed by atoms with E-state index in [-0.39, 0.29) is 11.4 Å². The SMILES string of the molecule is CC(=O)Nc1cccc(NC2=NC(C)(C)CS2)c1. The van der Waals surface area contributed by atoms with Crippen LogP contribution in [0.4, 0.5) is 11.4 Å². The minimum absolute atomic E-state index is 0.00223. The Balaban J connectivity index is 2.08. The second kappa shape index (κ2) is 5.02. The van der Waals surface area contributed by atoms with Gasteiger partial charge >= 0.3 is 0 Å². The lowest BCUT2D eigenvalue weighted by molar-refractivity contribution is -0.114. The lowest BCUT2D eigenvalue weighted by Crippen LogP contribution is -2.15. The van der Waals surface area contributed by atoms with Crippen LogP contribution in [0, 0.1) is 0 Å². The summed E-state index contributed by atoms with van der Waals surface area (Å²) in [6.45, 7) is 5.73. The third-order valence-corrected chi connectivity index (χ3v) is 3.72. The van der Waals surface area contributed by atoms with Gasteiger partial charge in [0.05, 0.1) is 5.54 Å². The molecule has 1 aliphatic heterocycles. The quantitative estimate of drug-likeness (QED) is 0.862. The molecule has 0 fully saturated rings. The van der Waals surface area contributed by atoms with Crippen LogP contribution >= 0.6 is 11.8 Å². The van der Waals surface area contributed by atoms with Crippen LogP contribution in [0.2, 0.25) is 0 Å². The van der Waals surface area contributed by atoms with Crippen molar-refractivity contribution in [2.75, 3.05) is 16.4 Å². The van der Waals surface area contributed by atoms with Gasteiger partial charge in [0, 0.05) is 24.1 Å². The normalized spacial score (nSPS) is 17.2. The highest BCUT2D eigenvalue weighted by Gasteiger charge is 2.25. The number of anilines is 2. The maximum atomic E-state index is 11.0. The number of nitrogens with zero attached hydrogens (tertiary/aromatic N) is 1. The molecule has 0 aliphatic carbocycles. The maximum absolute atomic E-state index is 11.0. The Bertz CT molecular complexity index is 497. The van der Waals surface area contributed by atoms with E-state index in [0.29, 0.717) is 0 Å². The van der Waals surface area contributed by atoms with Gasteiger partial charge in [-0.15, -0.1) is 0 Å². The van der Waals surface area contributed by atoms with Gasteiger partial charge in [0.15, 0.2) is 5.17 Å². The van der Waals surface area contributed by atoms with E-state index in [0.717, 1.165) is 22.3 Å². The number of carbonyl (C=O) groups excluding carboxylic acids is 1. The van der Waals surface area contributed by atoms with Crippen LogP contribution in [0.3, 0.4) is 0 Å². The average Bonchev–Trinajstić information content (AvgIpc) is 2.57. The molecule has 1 aromatic rings. The smallest absolute Gasteiger partial charge is 0.221 e. The molecule has 18 heavy (non-hydrogen) atoms. The number of amides is 1. The number of rotatable bonds is 2. The third kappa shape index (κ3) is 3.50. The summed E-state index contributed by atoms with van der Waals surface area (Å²) in [4.78, 5) is 15.6. The summed E-state index contributed by atoms with van der Waals surface area (Å²) in [5.74, 6) is 0.918. The van der Waals surface area contributed by atoms with Gasteiger partial charge in [-0.2, -0.15) is 0 Å². The van der Waals surface area contributed by atoms with Gasteiger partial charge in [-0.1, -0.05) is 17.8 Å². The van der Waals surface area contributed by atoms with E-state index < -0.39 is 0 Å². The van der Waals surface area contributed by atoms with E-state index in [1.54, 1.807) is 11.8 Å². The van der Waals surface area contributed by atoms with Crippen molar-refractivity contribution in [2.45, 2.75) is 26.3 Å². The van der Waals surface area contributed by atoms with Gasteiger partial charge in [0.2, 0.25) is 5.91 Å². The molecule has 96 valence electrons. The number of aliphatic imine (C=N–C) groups is 1. The van der Waals surface area contributed by atoms with E-state index in [9.17, 15) is 4.79 Å². The fraction of sp³-hybridized carbons (Fsp3) is 0.385. The Morgan fingerprint density at radius 1 is 1.39 bits per heavy atom. The Hall–Kier alpha value is -1.49. The van der Waals surface area contributed by atoms with Crippen molar-refractivity contribution in [3.63, 3.8) is 0 Å². The molecular formula is C13H17N3OS. The number of hydrogen-bond acceptors (Lipinski definition) is 4. The highest BCUT2D eigenvalue weighted by molar-refractivity contribution is 8.14. The van der Waals surface area contributed by atoms with E-state index in [2.05, 4.69) is 29.5 Å². The lowest BCUT2D eigenvalue weighted by atomic mass is 10.1. The first-order chi connectivity index (χ1) is 8.44. The highest BCUT2D eigenvalue weighted by Crippen LogP contribution is 2.28. The molecule has 0 atom stereocenters. The number of hydrogen-bond donors (Lipinski definition) is 2. The summed E-state index contributed by atoms with van der Waals surface area (Å²) in [7, 11) is 0. The van der Waals surface area contributed by atoms with Gasteiger partial charge in [0.25, 0.3) is 0 Å². The van der Waals surface area contributed by atoms with E-state index in [1.807, 2.05) is 24.3 Å². The van der Waals surface area contributed by atoms with Gasteiger partial charge in [0.1, 0.15) is 0 Å². The second-order valence-electron chi connectivity index (χ2n) is 4.91. The monoisotopic (exact) mass is 263 g/mol. The Labute approximate surface area is 111 Å². The molecule has 0 unspecified atom stereocenters. The summed E-state index contributed by atoms with van der Waals surface area (Å²) in [5, 5.41) is 6.96. The van der Waals surface area contributed by atoms with E-state index in [1.165, 1.54) is 6.92 Å². The van der Waals surface area contributed by atoms with Crippen molar-refractivity contribution in [3.05, 3.63) is 24.3 Å². The maximum Gasteiger partial charge on any atom is 0.221 e. The molecule has 0 saturated heterocycles. The number of nitrogens with one attached hydrogen (secondary N) is 2. The van der Waals surface area contributed by atoms with E-state index >= 15 is 0 Å². The number of benzene rings is 1. The van der Waals surface area contributed by atoms with Gasteiger partial charge in [-0.05, 0) is 32.0 Å². The molecule has 1 amide bonds. The molecule has 1 aliphatic rings. The highest BCUT2D eigenvalue weighted by atomic mass is 32.2. The summed E-state index contributed by atoms with van der Waals surface area (Å²) < 4.78 is 0. The fourth-order valence-corrected chi connectivity index (χ4v) is 2.71. The van der Waals surface area contributed by atoms with Crippen molar-refractivity contribution in [2.24, 2.45) is 4.99 Å². The van der Waals surface area contributed by atoms with Crippen molar-refractivity contribution in [3.8, 4) is 0 Å². The van der Waals surface area contributed by atoms with Crippen LogP contribution in [0.1, 0.15) is 20.8 Å². The Morgan fingerprint density at radius 2 is 2.11 bits per heavy atom. The number of carbonyl (C=O) groups is 1. The predicted molar refractivity (Wildman–Crippen MR) is 78.3 cm³/mol. The van der Waals surface area contributed by atoms with Gasteiger partial charge in [-0.3, -0.25) is 9.79 Å². The largest absolute Gasteiger partial charge is 0.335 e. The summed E-state index contributed by atoms with van der Waals surface area (Å²) >= 11 is 1.72. The van der Waals surface area contributed by atoms with Crippen molar-refractivity contribution < 1.29 is 4.79 Å². The Morgan fingerprint density at radius 3 is 2.72 bits per heavy atom. The van der Waals surface area contributed by atoms with Crippen LogP contribution in [0.25, 0.3) is 0 Å². The zero-order valence-corrected chi connectivity index (χ0v) is 11.6. The Kier molecular flexibility index (Phi) is 3.61. The molecule has 0 radical (unpaired) electrons.